The molecule has 11 heteroatoms. The largest absolute Gasteiger partial charge is 0.446 e. The van der Waals surface area contributed by atoms with Crippen LogP contribution in [-0.2, 0) is 20.8 Å². The van der Waals surface area contributed by atoms with Crippen LogP contribution < -0.4 is 5.32 Å². The number of alkyl carbamates (subject to hydrolysis) is 1. The average molecular weight is 443 g/mol. The van der Waals surface area contributed by atoms with Crippen molar-refractivity contribution in [2.24, 2.45) is 0 Å². The van der Waals surface area contributed by atoms with Gasteiger partial charge in [-0.05, 0) is 64.7 Å². The SMILES string of the molecule is CC(C)(C)NC(=O)OC1CCC(F)(S(=O)(=O)c2cc(F)cc(C(F)(F)F)c2)CC1. The number of ether oxygens (including phenoxy) is 1. The monoisotopic (exact) mass is 443 g/mol. The number of nitrogens with one attached hydrogen (secondary N) is 1. The van der Waals surface area contributed by atoms with E-state index < -0.39 is 67.9 Å². The quantitative estimate of drug-likeness (QED) is 0.685. The second-order valence-corrected chi connectivity index (χ2v) is 10.2. The highest BCUT2D eigenvalue weighted by Crippen LogP contribution is 2.42. The molecule has 1 aliphatic rings. The van der Waals surface area contributed by atoms with Crippen LogP contribution in [0.15, 0.2) is 23.1 Å². The summed E-state index contributed by atoms with van der Waals surface area (Å²) in [6.07, 6.45) is -7.95. The van der Waals surface area contributed by atoms with Gasteiger partial charge in [0.1, 0.15) is 11.9 Å². The van der Waals surface area contributed by atoms with E-state index in [1.54, 1.807) is 20.8 Å². The van der Waals surface area contributed by atoms with Crippen LogP contribution in [0.3, 0.4) is 0 Å². The van der Waals surface area contributed by atoms with Gasteiger partial charge >= 0.3 is 12.3 Å². The minimum Gasteiger partial charge on any atom is -0.446 e. The minimum atomic E-state index is -4.98. The van der Waals surface area contributed by atoms with E-state index in [4.69, 9.17) is 4.74 Å². The molecule has 0 unspecified atom stereocenters. The summed E-state index contributed by atoms with van der Waals surface area (Å²) in [5.41, 5.74) is -2.08. The molecule has 1 N–H and O–H groups in total. The topological polar surface area (TPSA) is 72.5 Å². The fraction of sp³-hybridized carbons (Fsp3) is 0.611. The third-order valence-corrected chi connectivity index (χ3v) is 6.65. The van der Waals surface area contributed by atoms with Gasteiger partial charge in [-0.3, -0.25) is 0 Å². The van der Waals surface area contributed by atoms with E-state index in [0.29, 0.717) is 6.07 Å². The van der Waals surface area contributed by atoms with Crippen molar-refractivity contribution in [3.05, 3.63) is 29.6 Å². The van der Waals surface area contributed by atoms with Crippen LogP contribution in [0, 0.1) is 5.82 Å². The van der Waals surface area contributed by atoms with Crippen LogP contribution in [0.25, 0.3) is 0 Å². The zero-order valence-electron chi connectivity index (χ0n) is 16.1. The molecule has 0 aromatic heterocycles. The molecule has 0 bridgehead atoms. The first-order valence-corrected chi connectivity index (χ1v) is 10.3. The maximum Gasteiger partial charge on any atom is 0.416 e. The lowest BCUT2D eigenvalue weighted by Gasteiger charge is -2.33. The van der Waals surface area contributed by atoms with E-state index >= 15 is 4.39 Å². The Balaban J connectivity index is 2.17. The number of halogens is 5. The van der Waals surface area contributed by atoms with Gasteiger partial charge in [-0.25, -0.2) is 22.0 Å². The van der Waals surface area contributed by atoms with Crippen LogP contribution >= 0.6 is 0 Å². The highest BCUT2D eigenvalue weighted by molar-refractivity contribution is 7.92. The molecule has 0 saturated heterocycles. The molecule has 1 fully saturated rings. The number of alkyl halides is 4. The van der Waals surface area contributed by atoms with E-state index in [1.165, 1.54) is 0 Å². The summed E-state index contributed by atoms with van der Waals surface area (Å²) < 4.78 is 97.8. The zero-order valence-corrected chi connectivity index (χ0v) is 16.9. The molecule has 0 heterocycles. The van der Waals surface area contributed by atoms with Crippen molar-refractivity contribution in [1.29, 1.82) is 0 Å². The van der Waals surface area contributed by atoms with E-state index in [-0.39, 0.29) is 25.0 Å². The number of hydrogen-bond donors (Lipinski definition) is 1. The maximum absolute atomic E-state index is 15.2. The third kappa shape index (κ3) is 5.58. The molecule has 0 aliphatic heterocycles. The van der Waals surface area contributed by atoms with Gasteiger partial charge in [0, 0.05) is 5.54 Å². The normalized spacial score (nSPS) is 23.5. The number of sulfone groups is 1. The first-order valence-electron chi connectivity index (χ1n) is 8.84. The number of amides is 1. The van der Waals surface area contributed by atoms with Gasteiger partial charge in [0.05, 0.1) is 10.5 Å². The summed E-state index contributed by atoms with van der Waals surface area (Å²) >= 11 is 0. The fourth-order valence-corrected chi connectivity index (χ4v) is 4.73. The summed E-state index contributed by atoms with van der Waals surface area (Å²) in [6, 6.07) is 0.729. The van der Waals surface area contributed by atoms with Crippen molar-refractivity contribution in [3.63, 3.8) is 0 Å². The Labute approximate surface area is 165 Å². The van der Waals surface area contributed by atoms with Crippen LogP contribution in [0.1, 0.15) is 52.0 Å². The molecule has 0 atom stereocenters. The lowest BCUT2D eigenvalue weighted by Crippen LogP contribution is -2.44. The molecule has 0 spiro atoms. The van der Waals surface area contributed by atoms with Gasteiger partial charge in [-0.1, -0.05) is 0 Å². The Morgan fingerprint density at radius 2 is 1.69 bits per heavy atom. The first-order chi connectivity index (χ1) is 13.0. The molecule has 0 radical (unpaired) electrons. The molecule has 1 aromatic carbocycles. The standard InChI is InChI=1S/C18H22F5NO4S/c1-16(2,3)24-15(25)28-13-4-6-17(20,7-5-13)29(26,27)14-9-11(18(21,22)23)8-12(19)10-14/h8-10,13H,4-7H2,1-3H3,(H,24,25). The number of rotatable bonds is 3. The molecule has 2 rings (SSSR count). The van der Waals surface area contributed by atoms with Gasteiger partial charge < -0.3 is 10.1 Å². The minimum absolute atomic E-state index is 0.141. The number of carbonyl (C=O) groups excluding carboxylic acids is 1. The van der Waals surface area contributed by atoms with Crippen molar-refractivity contribution < 1.29 is 39.9 Å². The van der Waals surface area contributed by atoms with Crippen LogP contribution in [0.4, 0.5) is 26.7 Å². The van der Waals surface area contributed by atoms with Gasteiger partial charge in [-0.15, -0.1) is 0 Å². The maximum atomic E-state index is 15.2. The van der Waals surface area contributed by atoms with E-state index in [1.807, 2.05) is 0 Å². The highest BCUT2D eigenvalue weighted by atomic mass is 32.2. The lowest BCUT2D eigenvalue weighted by atomic mass is 9.95. The Morgan fingerprint density at radius 1 is 1.14 bits per heavy atom. The summed E-state index contributed by atoms with van der Waals surface area (Å²) in [5.74, 6) is -1.43. The Morgan fingerprint density at radius 3 is 2.17 bits per heavy atom. The summed E-state index contributed by atoms with van der Waals surface area (Å²) in [4.78, 5) is 10.7. The van der Waals surface area contributed by atoms with Gasteiger partial charge in [0.2, 0.25) is 14.8 Å². The number of carbonyl (C=O) groups is 1. The van der Waals surface area contributed by atoms with E-state index in [2.05, 4.69) is 5.32 Å². The predicted octanol–water partition coefficient (Wildman–Crippen LogP) is 4.75. The second-order valence-electron chi connectivity index (χ2n) is 8.04. The number of benzene rings is 1. The molecular weight excluding hydrogens is 421 g/mol. The molecule has 164 valence electrons. The van der Waals surface area contributed by atoms with Crippen LogP contribution in [0.5, 0.6) is 0 Å². The van der Waals surface area contributed by atoms with Crippen LogP contribution in [0.2, 0.25) is 0 Å². The van der Waals surface area contributed by atoms with Crippen molar-refractivity contribution in [3.8, 4) is 0 Å². The highest BCUT2D eigenvalue weighted by Gasteiger charge is 2.49. The molecule has 1 aromatic rings. The second kappa shape index (κ2) is 7.73. The molecule has 29 heavy (non-hydrogen) atoms. The molecular formula is C18H22F5NO4S. The first kappa shape index (κ1) is 23.4. The van der Waals surface area contributed by atoms with Crippen molar-refractivity contribution in [1.82, 2.24) is 5.32 Å². The van der Waals surface area contributed by atoms with E-state index in [9.17, 15) is 30.8 Å². The van der Waals surface area contributed by atoms with Gasteiger partial charge in [0.25, 0.3) is 0 Å². The molecule has 1 aliphatic carbocycles. The Bertz CT molecular complexity index is 869. The third-order valence-electron chi connectivity index (χ3n) is 4.42. The summed E-state index contributed by atoms with van der Waals surface area (Å²) in [6.45, 7) is 5.17. The Kier molecular flexibility index (Phi) is 6.23. The molecule has 1 saturated carbocycles. The lowest BCUT2D eigenvalue weighted by molar-refractivity contribution is -0.137. The molecule has 1 amide bonds. The van der Waals surface area contributed by atoms with Crippen molar-refractivity contribution in [2.45, 2.75) is 74.2 Å². The Hall–Kier alpha value is -1.91. The van der Waals surface area contributed by atoms with Gasteiger partial charge in [0.15, 0.2) is 0 Å². The molecule has 5 nitrogen and oxygen atoms in total. The fourth-order valence-electron chi connectivity index (χ4n) is 2.99. The van der Waals surface area contributed by atoms with Crippen LogP contribution in [-0.4, -0.2) is 31.2 Å². The van der Waals surface area contributed by atoms with E-state index in [0.717, 1.165) is 0 Å². The van der Waals surface area contributed by atoms with Crippen molar-refractivity contribution >= 4 is 15.9 Å². The smallest absolute Gasteiger partial charge is 0.416 e. The number of hydrogen-bond acceptors (Lipinski definition) is 4. The zero-order chi connectivity index (χ0) is 22.3. The van der Waals surface area contributed by atoms with Gasteiger partial charge in [-0.2, -0.15) is 13.2 Å². The predicted molar refractivity (Wildman–Crippen MR) is 94.1 cm³/mol. The van der Waals surface area contributed by atoms with Crippen molar-refractivity contribution in [2.75, 3.05) is 0 Å². The average Bonchev–Trinajstić information content (AvgIpc) is 2.54. The summed E-state index contributed by atoms with van der Waals surface area (Å²) in [7, 11) is -4.91. The summed E-state index contributed by atoms with van der Waals surface area (Å²) in [5, 5.41) is -0.336.